The van der Waals surface area contributed by atoms with E-state index in [-0.39, 0.29) is 6.42 Å². The first-order chi connectivity index (χ1) is 6.72. The molecule has 0 aliphatic rings. The van der Waals surface area contributed by atoms with Crippen LogP contribution >= 0.6 is 0 Å². The molecule has 0 saturated carbocycles. The van der Waals surface area contributed by atoms with Gasteiger partial charge in [0.15, 0.2) is 0 Å². The molecule has 0 unspecified atom stereocenters. The third-order valence-corrected chi connectivity index (χ3v) is 1.87. The summed E-state index contributed by atoms with van der Waals surface area (Å²) in [7, 11) is 1.50. The van der Waals surface area contributed by atoms with Crippen LogP contribution in [0.3, 0.4) is 0 Å². The first kappa shape index (κ1) is 9.88. The Bertz CT molecular complexity index is 426. The van der Waals surface area contributed by atoms with Crippen molar-refractivity contribution in [1.82, 2.24) is 0 Å². The third kappa shape index (κ3) is 1.75. The lowest BCUT2D eigenvalue weighted by atomic mass is 10.0. The molecule has 2 N–H and O–H groups in total. The van der Waals surface area contributed by atoms with E-state index in [9.17, 15) is 0 Å². The zero-order chi connectivity index (χ0) is 10.6. The topological polar surface area (TPSA) is 82.8 Å². The van der Waals surface area contributed by atoms with Crippen LogP contribution in [-0.4, -0.2) is 7.11 Å². The van der Waals surface area contributed by atoms with Gasteiger partial charge in [-0.25, -0.2) is 0 Å². The molecule has 1 aromatic rings. The second-order valence-corrected chi connectivity index (χ2v) is 2.69. The van der Waals surface area contributed by atoms with Gasteiger partial charge >= 0.3 is 0 Å². The van der Waals surface area contributed by atoms with Gasteiger partial charge in [0.05, 0.1) is 31.2 Å². The van der Waals surface area contributed by atoms with Crippen molar-refractivity contribution in [3.8, 4) is 17.9 Å². The summed E-state index contributed by atoms with van der Waals surface area (Å²) in [6.45, 7) is 0. The normalized spacial score (nSPS) is 8.79. The van der Waals surface area contributed by atoms with Gasteiger partial charge in [0.2, 0.25) is 0 Å². The molecule has 0 atom stereocenters. The van der Waals surface area contributed by atoms with Crippen molar-refractivity contribution < 1.29 is 4.74 Å². The van der Waals surface area contributed by atoms with E-state index in [1.54, 1.807) is 12.1 Å². The number of hydrogen-bond acceptors (Lipinski definition) is 4. The molecule has 70 valence electrons. The zero-order valence-electron chi connectivity index (χ0n) is 7.74. The highest BCUT2D eigenvalue weighted by molar-refractivity contribution is 5.60. The summed E-state index contributed by atoms with van der Waals surface area (Å²) in [5.74, 6) is 0.528. The predicted octanol–water partition coefficient (Wildman–Crippen LogP) is 1.22. The largest absolute Gasteiger partial charge is 0.497 e. The molecule has 4 nitrogen and oxygen atoms in total. The summed E-state index contributed by atoms with van der Waals surface area (Å²) >= 11 is 0. The molecule has 0 saturated heterocycles. The van der Waals surface area contributed by atoms with Crippen LogP contribution in [0.5, 0.6) is 5.75 Å². The molecule has 0 bridgehead atoms. The van der Waals surface area contributed by atoms with E-state index in [1.165, 1.54) is 7.11 Å². The smallest absolute Gasteiger partial charge is 0.122 e. The van der Waals surface area contributed by atoms with Crippen molar-refractivity contribution in [2.45, 2.75) is 6.42 Å². The number of nitrogens with two attached hydrogens (primary N) is 1. The minimum atomic E-state index is 0.138. The number of nitrogen functional groups attached to an aromatic ring is 1. The van der Waals surface area contributed by atoms with E-state index in [0.29, 0.717) is 22.6 Å². The van der Waals surface area contributed by atoms with Crippen molar-refractivity contribution in [3.05, 3.63) is 23.3 Å². The van der Waals surface area contributed by atoms with Gasteiger partial charge in [-0.3, -0.25) is 0 Å². The van der Waals surface area contributed by atoms with Gasteiger partial charge in [0.1, 0.15) is 5.75 Å². The van der Waals surface area contributed by atoms with Crippen LogP contribution in [0.1, 0.15) is 11.1 Å². The van der Waals surface area contributed by atoms with Gasteiger partial charge in [-0.05, 0) is 6.07 Å². The Morgan fingerprint density at radius 2 is 2.14 bits per heavy atom. The van der Waals surface area contributed by atoms with Gasteiger partial charge in [-0.1, -0.05) is 0 Å². The predicted molar refractivity (Wildman–Crippen MR) is 51.4 cm³/mol. The third-order valence-electron chi connectivity index (χ3n) is 1.87. The molecule has 0 amide bonds. The average molecular weight is 187 g/mol. The summed E-state index contributed by atoms with van der Waals surface area (Å²) in [4.78, 5) is 0. The molecule has 0 aromatic heterocycles. The van der Waals surface area contributed by atoms with Gasteiger partial charge < -0.3 is 10.5 Å². The molecule has 0 spiro atoms. The lowest BCUT2D eigenvalue weighted by Gasteiger charge is -2.07. The molecule has 14 heavy (non-hydrogen) atoms. The standard InChI is InChI=1S/C10H9N3O/c1-14-8-4-7(6-12)9(2-3-11)10(13)5-8/h4-5H,2,13H2,1H3. The van der Waals surface area contributed by atoms with Crippen molar-refractivity contribution in [2.24, 2.45) is 0 Å². The number of nitriles is 2. The average Bonchev–Trinajstić information content (AvgIpc) is 2.20. The Morgan fingerprint density at radius 1 is 1.43 bits per heavy atom. The second-order valence-electron chi connectivity index (χ2n) is 2.69. The maximum absolute atomic E-state index is 8.82. The molecule has 0 radical (unpaired) electrons. The monoisotopic (exact) mass is 187 g/mol. The molecule has 4 heteroatoms. The number of benzene rings is 1. The maximum Gasteiger partial charge on any atom is 0.122 e. The molecular formula is C10H9N3O. The summed E-state index contributed by atoms with van der Waals surface area (Å²) in [5.41, 5.74) is 7.05. The first-order valence-corrected chi connectivity index (χ1v) is 3.96. The van der Waals surface area contributed by atoms with Crippen molar-refractivity contribution >= 4 is 5.69 Å². The van der Waals surface area contributed by atoms with Crippen LogP contribution in [0.25, 0.3) is 0 Å². The molecule has 1 aromatic carbocycles. The number of rotatable bonds is 2. The lowest BCUT2D eigenvalue weighted by Crippen LogP contribution is -1.98. The maximum atomic E-state index is 8.82. The van der Waals surface area contributed by atoms with E-state index in [2.05, 4.69) is 0 Å². The number of methoxy groups -OCH3 is 1. The van der Waals surface area contributed by atoms with Crippen LogP contribution in [0, 0.1) is 22.7 Å². The van der Waals surface area contributed by atoms with Crippen molar-refractivity contribution in [3.63, 3.8) is 0 Å². The van der Waals surface area contributed by atoms with Gasteiger partial charge in [0.25, 0.3) is 0 Å². The number of ether oxygens (including phenoxy) is 1. The minimum Gasteiger partial charge on any atom is -0.497 e. The van der Waals surface area contributed by atoms with Crippen LogP contribution < -0.4 is 10.5 Å². The summed E-state index contributed by atoms with van der Waals surface area (Å²) in [5, 5.41) is 17.4. The van der Waals surface area contributed by atoms with Gasteiger partial charge in [-0.2, -0.15) is 10.5 Å². The van der Waals surface area contributed by atoms with E-state index >= 15 is 0 Å². The molecular weight excluding hydrogens is 178 g/mol. The zero-order valence-corrected chi connectivity index (χ0v) is 7.74. The van der Waals surface area contributed by atoms with Crippen molar-refractivity contribution in [2.75, 3.05) is 12.8 Å². The van der Waals surface area contributed by atoms with Crippen LogP contribution in [0.4, 0.5) is 5.69 Å². The van der Waals surface area contributed by atoms with E-state index in [0.717, 1.165) is 0 Å². The molecule has 0 aliphatic heterocycles. The Morgan fingerprint density at radius 3 is 2.64 bits per heavy atom. The fraction of sp³-hybridized carbons (Fsp3) is 0.200. The van der Waals surface area contributed by atoms with Gasteiger partial charge in [0, 0.05) is 17.3 Å². The van der Waals surface area contributed by atoms with Crippen LogP contribution in [0.2, 0.25) is 0 Å². The molecule has 0 fully saturated rings. The van der Waals surface area contributed by atoms with E-state index in [4.69, 9.17) is 21.0 Å². The van der Waals surface area contributed by atoms with E-state index < -0.39 is 0 Å². The molecule has 0 heterocycles. The molecule has 1 rings (SSSR count). The van der Waals surface area contributed by atoms with Crippen LogP contribution in [-0.2, 0) is 6.42 Å². The van der Waals surface area contributed by atoms with E-state index in [1.807, 2.05) is 12.1 Å². The number of nitrogens with zero attached hydrogens (tertiary/aromatic N) is 2. The SMILES string of the molecule is COc1cc(N)c(CC#N)c(C#N)c1. The quantitative estimate of drug-likeness (QED) is 0.705. The summed E-state index contributed by atoms with van der Waals surface area (Å²) in [6.07, 6.45) is 0.138. The highest BCUT2D eigenvalue weighted by atomic mass is 16.5. The minimum absolute atomic E-state index is 0.138. The fourth-order valence-corrected chi connectivity index (χ4v) is 1.16. The number of hydrogen-bond donors (Lipinski definition) is 1. The van der Waals surface area contributed by atoms with Crippen LogP contribution in [0.15, 0.2) is 12.1 Å². The Balaban J connectivity index is 3.30. The van der Waals surface area contributed by atoms with Crippen molar-refractivity contribution in [1.29, 1.82) is 10.5 Å². The summed E-state index contributed by atoms with van der Waals surface area (Å²) in [6, 6.07) is 7.13. The Kier molecular flexibility index (Phi) is 2.93. The van der Waals surface area contributed by atoms with Gasteiger partial charge in [-0.15, -0.1) is 0 Å². The lowest BCUT2D eigenvalue weighted by molar-refractivity contribution is 0.415. The second kappa shape index (κ2) is 4.15. The highest BCUT2D eigenvalue weighted by Crippen LogP contribution is 2.24. The highest BCUT2D eigenvalue weighted by Gasteiger charge is 2.08. The summed E-state index contributed by atoms with van der Waals surface area (Å²) < 4.78 is 4.96. The first-order valence-electron chi connectivity index (χ1n) is 3.96. The Hall–Kier alpha value is -2.20. The molecule has 0 aliphatic carbocycles. The number of anilines is 1. The fourth-order valence-electron chi connectivity index (χ4n) is 1.16. The Labute approximate surface area is 82.1 Å².